The molecule has 2 aromatic heterocycles. The highest BCUT2D eigenvalue weighted by molar-refractivity contribution is 7.99. The molecule has 8 nitrogen and oxygen atoms in total. The van der Waals surface area contributed by atoms with Crippen molar-refractivity contribution in [2.75, 3.05) is 5.75 Å². The molecule has 2 heterocycles. The van der Waals surface area contributed by atoms with E-state index in [1.165, 1.54) is 18.2 Å². The first kappa shape index (κ1) is 16.9. The van der Waals surface area contributed by atoms with Crippen molar-refractivity contribution in [2.24, 2.45) is 0 Å². The number of para-hydroxylation sites is 2. The summed E-state index contributed by atoms with van der Waals surface area (Å²) in [6, 6.07) is 7.49. The van der Waals surface area contributed by atoms with Crippen LogP contribution in [0.25, 0.3) is 16.8 Å². The number of H-pyrrole nitrogens is 1. The summed E-state index contributed by atoms with van der Waals surface area (Å²) in [6.45, 7) is 0. The van der Waals surface area contributed by atoms with Crippen LogP contribution in [0.5, 0.6) is 0 Å². The van der Waals surface area contributed by atoms with Gasteiger partial charge in [0, 0.05) is 6.04 Å². The van der Waals surface area contributed by atoms with E-state index in [1.807, 2.05) is 28.7 Å². The van der Waals surface area contributed by atoms with Gasteiger partial charge in [0.05, 0.1) is 16.8 Å². The first-order valence-corrected chi connectivity index (χ1v) is 9.74. The fourth-order valence-electron chi connectivity index (χ4n) is 3.30. The topological polar surface area (TPSA) is 104 Å². The third-order valence-electron chi connectivity index (χ3n) is 4.53. The van der Waals surface area contributed by atoms with E-state index >= 15 is 0 Å². The second-order valence-corrected chi connectivity index (χ2v) is 7.35. The molecule has 26 heavy (non-hydrogen) atoms. The summed E-state index contributed by atoms with van der Waals surface area (Å²) in [6.07, 6.45) is 5.44. The Bertz CT molecular complexity index is 943. The molecule has 1 fully saturated rings. The van der Waals surface area contributed by atoms with Crippen LogP contribution in [0.2, 0.25) is 0 Å². The normalized spacial score (nSPS) is 15.4. The van der Waals surface area contributed by atoms with Crippen LogP contribution in [0.1, 0.15) is 32.1 Å². The summed E-state index contributed by atoms with van der Waals surface area (Å²) >= 11 is 1.26. The summed E-state index contributed by atoms with van der Waals surface area (Å²) in [4.78, 5) is 28.5. The lowest BCUT2D eigenvalue weighted by Crippen LogP contribution is -2.45. The monoisotopic (exact) mass is 372 g/mol. The van der Waals surface area contributed by atoms with Crippen LogP contribution in [-0.4, -0.2) is 43.3 Å². The molecule has 0 atom stereocenters. The van der Waals surface area contributed by atoms with Gasteiger partial charge in [-0.3, -0.25) is 14.5 Å². The van der Waals surface area contributed by atoms with E-state index < -0.39 is 6.03 Å². The average molecular weight is 372 g/mol. The first-order chi connectivity index (χ1) is 12.7. The van der Waals surface area contributed by atoms with E-state index in [1.54, 1.807) is 0 Å². The van der Waals surface area contributed by atoms with E-state index in [4.69, 9.17) is 0 Å². The number of thioether (sulfide) groups is 1. The fraction of sp³-hybridized carbons (Fsp3) is 0.412. The maximum atomic E-state index is 12.1. The Morgan fingerprint density at radius 2 is 2.04 bits per heavy atom. The molecule has 3 N–H and O–H groups in total. The SMILES string of the molecule is O=C(CSc1n[nH]c2nc3ccccc3n12)NC(=O)NC1CCCCC1. The Hall–Kier alpha value is -2.55. The van der Waals surface area contributed by atoms with Crippen molar-refractivity contribution in [3.8, 4) is 0 Å². The predicted molar refractivity (Wildman–Crippen MR) is 99.1 cm³/mol. The third-order valence-corrected chi connectivity index (χ3v) is 5.47. The van der Waals surface area contributed by atoms with Crippen molar-refractivity contribution in [1.82, 2.24) is 30.2 Å². The van der Waals surface area contributed by atoms with Crippen LogP contribution in [0, 0.1) is 0 Å². The Balaban J connectivity index is 1.35. The number of urea groups is 1. The van der Waals surface area contributed by atoms with E-state index in [-0.39, 0.29) is 17.7 Å². The number of nitrogens with zero attached hydrogens (tertiary/aromatic N) is 3. The average Bonchev–Trinajstić information content (AvgIpc) is 3.20. The molecule has 0 radical (unpaired) electrons. The van der Waals surface area contributed by atoms with Crippen molar-refractivity contribution in [3.63, 3.8) is 0 Å². The Morgan fingerprint density at radius 1 is 1.23 bits per heavy atom. The quantitative estimate of drug-likeness (QED) is 0.610. The van der Waals surface area contributed by atoms with E-state index in [0.29, 0.717) is 10.9 Å². The zero-order valence-electron chi connectivity index (χ0n) is 14.2. The van der Waals surface area contributed by atoms with Gasteiger partial charge in [0.1, 0.15) is 0 Å². The predicted octanol–water partition coefficient (Wildman–Crippen LogP) is 2.46. The van der Waals surface area contributed by atoms with Crippen LogP contribution in [0.4, 0.5) is 4.79 Å². The van der Waals surface area contributed by atoms with Gasteiger partial charge in [0.25, 0.3) is 0 Å². The van der Waals surface area contributed by atoms with Crippen LogP contribution in [0.15, 0.2) is 29.4 Å². The van der Waals surface area contributed by atoms with Crippen LogP contribution in [-0.2, 0) is 4.79 Å². The summed E-state index contributed by atoms with van der Waals surface area (Å²) < 4.78 is 1.87. The number of aromatic nitrogens is 4. The smallest absolute Gasteiger partial charge is 0.321 e. The Morgan fingerprint density at radius 3 is 2.88 bits per heavy atom. The number of carbonyl (C=O) groups excluding carboxylic acids is 2. The van der Waals surface area contributed by atoms with E-state index in [9.17, 15) is 9.59 Å². The van der Waals surface area contributed by atoms with Crippen LogP contribution >= 0.6 is 11.8 Å². The van der Waals surface area contributed by atoms with Crippen molar-refractivity contribution in [3.05, 3.63) is 24.3 Å². The standard InChI is InChI=1S/C17H20N6O2S/c24-14(20-16(25)18-11-6-2-1-3-7-11)10-26-17-22-21-15-19-12-8-4-5-9-13(12)23(15)17/h4-5,8-9,11H,1-3,6-7,10H2,(H,19,21)(H2,18,20,24,25). The maximum absolute atomic E-state index is 12.1. The van der Waals surface area contributed by atoms with Crippen molar-refractivity contribution in [1.29, 1.82) is 0 Å². The molecule has 1 saturated carbocycles. The van der Waals surface area contributed by atoms with Crippen LogP contribution < -0.4 is 10.6 Å². The number of amides is 3. The number of benzene rings is 1. The van der Waals surface area contributed by atoms with Crippen molar-refractivity contribution < 1.29 is 9.59 Å². The van der Waals surface area contributed by atoms with Gasteiger partial charge in [0.2, 0.25) is 11.7 Å². The number of hydrogen-bond acceptors (Lipinski definition) is 5. The minimum Gasteiger partial charge on any atom is -0.335 e. The highest BCUT2D eigenvalue weighted by Gasteiger charge is 2.18. The van der Waals surface area contributed by atoms with Gasteiger partial charge >= 0.3 is 6.03 Å². The van der Waals surface area contributed by atoms with Gasteiger partial charge in [-0.1, -0.05) is 43.2 Å². The van der Waals surface area contributed by atoms with Gasteiger partial charge in [0.15, 0.2) is 5.16 Å². The van der Waals surface area contributed by atoms with Gasteiger partial charge in [-0.15, -0.1) is 5.10 Å². The first-order valence-electron chi connectivity index (χ1n) is 8.75. The molecule has 9 heteroatoms. The molecule has 4 rings (SSSR count). The zero-order valence-corrected chi connectivity index (χ0v) is 15.0. The summed E-state index contributed by atoms with van der Waals surface area (Å²) in [7, 11) is 0. The number of aromatic amines is 1. The molecule has 0 aliphatic heterocycles. The lowest BCUT2D eigenvalue weighted by molar-refractivity contribution is -0.117. The zero-order chi connectivity index (χ0) is 17.9. The van der Waals surface area contributed by atoms with Crippen molar-refractivity contribution in [2.45, 2.75) is 43.3 Å². The van der Waals surface area contributed by atoms with Crippen molar-refractivity contribution >= 4 is 40.5 Å². The molecule has 0 unspecified atom stereocenters. The number of nitrogens with one attached hydrogen (secondary N) is 3. The largest absolute Gasteiger partial charge is 0.335 e. The fourth-order valence-corrected chi connectivity index (χ4v) is 4.06. The minimum absolute atomic E-state index is 0.102. The summed E-state index contributed by atoms with van der Waals surface area (Å²) in [5.41, 5.74) is 1.79. The van der Waals surface area contributed by atoms with Gasteiger partial charge in [-0.2, -0.15) is 0 Å². The molecule has 1 aromatic carbocycles. The third kappa shape index (κ3) is 3.52. The number of imide groups is 1. The molecular formula is C17H20N6O2S. The molecule has 136 valence electrons. The summed E-state index contributed by atoms with van der Waals surface area (Å²) in [5, 5.41) is 13.0. The number of fused-ring (bicyclic) bond motifs is 3. The molecule has 0 bridgehead atoms. The Labute approximate surface area is 154 Å². The maximum Gasteiger partial charge on any atom is 0.321 e. The number of hydrogen-bond donors (Lipinski definition) is 3. The van der Waals surface area contributed by atoms with Gasteiger partial charge in [-0.05, 0) is 25.0 Å². The number of imidazole rings is 1. The molecule has 3 aromatic rings. The summed E-state index contributed by atoms with van der Waals surface area (Å²) in [5.74, 6) is 0.387. The molecular weight excluding hydrogens is 352 g/mol. The Kier molecular flexibility index (Phi) is 4.79. The second kappa shape index (κ2) is 7.36. The highest BCUT2D eigenvalue weighted by Crippen LogP contribution is 2.22. The molecule has 1 aliphatic carbocycles. The minimum atomic E-state index is -0.414. The number of carbonyl (C=O) groups is 2. The molecule has 0 saturated heterocycles. The second-order valence-electron chi connectivity index (χ2n) is 6.41. The molecule has 0 spiro atoms. The van der Waals surface area contributed by atoms with Crippen LogP contribution in [0.3, 0.4) is 0 Å². The molecule has 1 aliphatic rings. The molecule has 3 amide bonds. The van der Waals surface area contributed by atoms with E-state index in [0.717, 1.165) is 36.7 Å². The number of rotatable bonds is 4. The van der Waals surface area contributed by atoms with E-state index in [2.05, 4.69) is 25.8 Å². The van der Waals surface area contributed by atoms with Gasteiger partial charge in [-0.25, -0.2) is 14.9 Å². The van der Waals surface area contributed by atoms with Gasteiger partial charge < -0.3 is 5.32 Å². The lowest BCUT2D eigenvalue weighted by atomic mass is 9.96. The highest BCUT2D eigenvalue weighted by atomic mass is 32.2. The lowest BCUT2D eigenvalue weighted by Gasteiger charge is -2.22.